The average molecular weight is 458 g/mol. The van der Waals surface area contributed by atoms with E-state index in [4.69, 9.17) is 4.74 Å². The Bertz CT molecular complexity index is 1540. The lowest BCUT2D eigenvalue weighted by Gasteiger charge is -2.30. The molecule has 2 atom stereocenters. The van der Waals surface area contributed by atoms with E-state index in [1.165, 1.54) is 32.7 Å². The van der Waals surface area contributed by atoms with Crippen LogP contribution in [0.3, 0.4) is 0 Å². The van der Waals surface area contributed by atoms with E-state index >= 15 is 0 Å². The van der Waals surface area contributed by atoms with Crippen LogP contribution in [0.15, 0.2) is 96.9 Å². The monoisotopic (exact) mass is 457 g/mol. The van der Waals surface area contributed by atoms with Crippen molar-refractivity contribution in [1.29, 1.82) is 0 Å². The number of ketones is 1. The number of rotatable bonds is 4. The molecule has 3 aliphatic rings. The van der Waals surface area contributed by atoms with Gasteiger partial charge in [-0.2, -0.15) is 0 Å². The smallest absolute Gasteiger partial charge is 0.169 e. The molecule has 35 heavy (non-hydrogen) atoms. The van der Waals surface area contributed by atoms with Gasteiger partial charge in [0.2, 0.25) is 0 Å². The SMILES string of the molecule is COc1cccc(C(=O)C2C=c3c(ccc4c3=CCc3ccccc3-4)C(C3=CC=CC=CN3)C2)c1. The number of carbonyl (C=O) groups is 1. The summed E-state index contributed by atoms with van der Waals surface area (Å²) in [6.07, 6.45) is 16.3. The van der Waals surface area contributed by atoms with Crippen molar-refractivity contribution in [2.45, 2.75) is 18.8 Å². The van der Waals surface area contributed by atoms with Crippen molar-refractivity contribution in [2.75, 3.05) is 7.11 Å². The Balaban J connectivity index is 1.53. The van der Waals surface area contributed by atoms with Crippen molar-refractivity contribution in [1.82, 2.24) is 5.32 Å². The molecule has 3 heteroatoms. The third-order valence-electron chi connectivity index (χ3n) is 7.30. The van der Waals surface area contributed by atoms with Crippen LogP contribution in [0.2, 0.25) is 0 Å². The Kier molecular flexibility index (Phi) is 5.46. The van der Waals surface area contributed by atoms with Crippen LogP contribution in [0.5, 0.6) is 5.75 Å². The number of carbonyl (C=O) groups excluding carboxylic acids is 1. The zero-order valence-corrected chi connectivity index (χ0v) is 19.7. The molecule has 0 bridgehead atoms. The molecule has 6 rings (SSSR count). The lowest BCUT2D eigenvalue weighted by Crippen LogP contribution is -2.39. The molecule has 1 heterocycles. The molecule has 1 N–H and O–H groups in total. The number of benzene rings is 3. The maximum absolute atomic E-state index is 13.8. The van der Waals surface area contributed by atoms with Gasteiger partial charge < -0.3 is 10.1 Å². The number of nitrogens with one attached hydrogen (secondary N) is 1. The molecule has 0 radical (unpaired) electrons. The van der Waals surface area contributed by atoms with Gasteiger partial charge >= 0.3 is 0 Å². The standard InChI is InChI=1S/C32H27NO2/c1-35-24-10-7-9-22(18-24)32(34)23-19-29-27-14-13-21-8-4-5-11-25(21)26(27)15-16-28(29)30(20-23)31-12-3-2-6-17-33-31/h2-12,14-19,23,30,33H,13,20H2,1H3. The summed E-state index contributed by atoms with van der Waals surface area (Å²) in [5, 5.41) is 5.90. The van der Waals surface area contributed by atoms with Crippen LogP contribution in [0.25, 0.3) is 23.3 Å². The van der Waals surface area contributed by atoms with Crippen LogP contribution < -0.4 is 20.5 Å². The number of methoxy groups -OCH3 is 1. The highest BCUT2D eigenvalue weighted by atomic mass is 16.5. The topological polar surface area (TPSA) is 38.3 Å². The quantitative estimate of drug-likeness (QED) is 0.559. The minimum absolute atomic E-state index is 0.0952. The van der Waals surface area contributed by atoms with Crippen molar-refractivity contribution >= 4 is 17.9 Å². The van der Waals surface area contributed by atoms with Crippen molar-refractivity contribution in [2.24, 2.45) is 5.92 Å². The highest BCUT2D eigenvalue weighted by Crippen LogP contribution is 2.35. The zero-order valence-electron chi connectivity index (χ0n) is 19.7. The van der Waals surface area contributed by atoms with Gasteiger partial charge in [-0.1, -0.05) is 72.8 Å². The molecule has 1 aliphatic heterocycles. The normalized spacial score (nSPS) is 19.5. The Morgan fingerprint density at radius 1 is 0.943 bits per heavy atom. The Morgan fingerprint density at radius 2 is 1.86 bits per heavy atom. The van der Waals surface area contributed by atoms with Crippen molar-refractivity contribution in [3.8, 4) is 16.9 Å². The van der Waals surface area contributed by atoms with Gasteiger partial charge in [0, 0.05) is 29.3 Å². The van der Waals surface area contributed by atoms with E-state index in [-0.39, 0.29) is 17.6 Å². The predicted octanol–water partition coefficient (Wildman–Crippen LogP) is 5.02. The predicted molar refractivity (Wildman–Crippen MR) is 141 cm³/mol. The second-order valence-corrected chi connectivity index (χ2v) is 9.26. The van der Waals surface area contributed by atoms with Crippen molar-refractivity contribution < 1.29 is 9.53 Å². The summed E-state index contributed by atoms with van der Waals surface area (Å²) < 4.78 is 5.38. The van der Waals surface area contributed by atoms with E-state index in [1.54, 1.807) is 7.11 Å². The molecule has 0 saturated carbocycles. The number of allylic oxidation sites excluding steroid dienone is 5. The van der Waals surface area contributed by atoms with Gasteiger partial charge in [-0.05, 0) is 69.8 Å². The van der Waals surface area contributed by atoms with Gasteiger partial charge in [-0.15, -0.1) is 0 Å². The first-order valence-electron chi connectivity index (χ1n) is 12.1. The lowest BCUT2D eigenvalue weighted by molar-refractivity contribution is 0.0943. The molecule has 0 aromatic heterocycles. The van der Waals surface area contributed by atoms with Crippen LogP contribution in [0.4, 0.5) is 0 Å². The van der Waals surface area contributed by atoms with Crippen LogP contribution in [0.1, 0.15) is 33.8 Å². The summed E-state index contributed by atoms with van der Waals surface area (Å²) in [6, 6.07) is 20.6. The van der Waals surface area contributed by atoms with Gasteiger partial charge in [0.1, 0.15) is 5.75 Å². The molecule has 2 aliphatic carbocycles. The van der Waals surface area contributed by atoms with E-state index < -0.39 is 0 Å². The minimum atomic E-state index is -0.226. The number of hydrogen-bond acceptors (Lipinski definition) is 3. The first-order valence-corrected chi connectivity index (χ1v) is 12.1. The number of Topliss-reactive ketones (excluding diaryl/α,β-unsaturated/α-hetero) is 1. The number of hydrogen-bond donors (Lipinski definition) is 1. The third-order valence-corrected chi connectivity index (χ3v) is 7.30. The maximum atomic E-state index is 13.8. The zero-order chi connectivity index (χ0) is 23.8. The summed E-state index contributed by atoms with van der Waals surface area (Å²) >= 11 is 0. The second-order valence-electron chi connectivity index (χ2n) is 9.26. The van der Waals surface area contributed by atoms with E-state index in [1.807, 2.05) is 42.6 Å². The van der Waals surface area contributed by atoms with Crippen LogP contribution in [0, 0.1) is 5.92 Å². The van der Waals surface area contributed by atoms with Gasteiger partial charge in [-0.25, -0.2) is 0 Å². The number of ether oxygens (including phenoxy) is 1. The molecule has 3 aromatic carbocycles. The van der Waals surface area contributed by atoms with Gasteiger partial charge in [0.15, 0.2) is 5.78 Å². The molecule has 0 saturated heterocycles. The Labute approximate surface area is 205 Å². The summed E-state index contributed by atoms with van der Waals surface area (Å²) in [5.41, 5.74) is 6.96. The molecule has 0 spiro atoms. The van der Waals surface area contributed by atoms with Gasteiger partial charge in [-0.3, -0.25) is 4.79 Å². The number of fused-ring (bicyclic) bond motifs is 5. The summed E-state index contributed by atoms with van der Waals surface area (Å²) in [6.45, 7) is 0. The molecular formula is C32H27NO2. The maximum Gasteiger partial charge on any atom is 0.169 e. The van der Waals surface area contributed by atoms with Crippen LogP contribution in [-0.2, 0) is 6.42 Å². The van der Waals surface area contributed by atoms with Gasteiger partial charge in [0.25, 0.3) is 0 Å². The second kappa shape index (κ2) is 8.92. The third kappa shape index (κ3) is 3.83. The fraction of sp³-hybridized carbons (Fsp3) is 0.156. The molecular weight excluding hydrogens is 430 g/mol. The molecule has 172 valence electrons. The fourth-order valence-corrected chi connectivity index (χ4v) is 5.58. The van der Waals surface area contributed by atoms with Gasteiger partial charge in [0.05, 0.1) is 7.11 Å². The molecule has 0 fully saturated rings. The van der Waals surface area contributed by atoms with E-state index in [9.17, 15) is 4.79 Å². The summed E-state index contributed by atoms with van der Waals surface area (Å²) in [7, 11) is 1.63. The first-order chi connectivity index (χ1) is 17.2. The largest absolute Gasteiger partial charge is 0.497 e. The first kappa shape index (κ1) is 21.4. The summed E-state index contributed by atoms with van der Waals surface area (Å²) in [4.78, 5) is 13.8. The summed E-state index contributed by atoms with van der Waals surface area (Å²) in [5.74, 6) is 0.705. The molecule has 3 nitrogen and oxygen atoms in total. The van der Waals surface area contributed by atoms with Crippen LogP contribution in [-0.4, -0.2) is 12.9 Å². The van der Waals surface area contributed by atoms with E-state index in [0.29, 0.717) is 11.3 Å². The van der Waals surface area contributed by atoms with E-state index in [2.05, 4.69) is 66.0 Å². The Morgan fingerprint density at radius 3 is 2.77 bits per heavy atom. The highest BCUT2D eigenvalue weighted by molar-refractivity contribution is 6.01. The lowest BCUT2D eigenvalue weighted by atomic mass is 9.75. The van der Waals surface area contributed by atoms with Crippen molar-refractivity contribution in [3.63, 3.8) is 0 Å². The minimum Gasteiger partial charge on any atom is -0.497 e. The van der Waals surface area contributed by atoms with Crippen molar-refractivity contribution in [3.05, 3.63) is 124 Å². The van der Waals surface area contributed by atoms with E-state index in [0.717, 1.165) is 18.5 Å². The molecule has 3 aromatic rings. The fourth-order valence-electron chi connectivity index (χ4n) is 5.58. The molecule has 0 amide bonds. The Hall–Kier alpha value is -4.11. The van der Waals surface area contributed by atoms with Crippen LogP contribution >= 0.6 is 0 Å². The highest BCUT2D eigenvalue weighted by Gasteiger charge is 2.31. The molecule has 2 unspecified atom stereocenters. The average Bonchev–Trinajstić information content (AvgIpc) is 3.21.